The highest BCUT2D eigenvalue weighted by molar-refractivity contribution is 5.42. The Balaban J connectivity index is 2.13. The van der Waals surface area contributed by atoms with Crippen molar-refractivity contribution in [2.45, 2.75) is 58.1 Å². The Morgan fingerprint density at radius 2 is 2.09 bits per heavy atom. The monoisotopic (exact) mass is 304 g/mol. The summed E-state index contributed by atoms with van der Waals surface area (Å²) in [5, 5.41) is 3.77. The number of aryl methyl sites for hydroxylation is 1. The van der Waals surface area contributed by atoms with Crippen LogP contribution in [0.4, 0.5) is 0 Å². The molecule has 22 heavy (non-hydrogen) atoms. The lowest BCUT2D eigenvalue weighted by Gasteiger charge is -2.40. The molecule has 1 aromatic rings. The molecule has 1 aliphatic heterocycles. The molecule has 0 radical (unpaired) electrons. The van der Waals surface area contributed by atoms with Crippen molar-refractivity contribution in [1.29, 1.82) is 0 Å². The second-order valence-electron chi connectivity index (χ2n) is 7.00. The Morgan fingerprint density at radius 1 is 1.32 bits per heavy atom. The molecule has 0 bridgehead atoms. The summed E-state index contributed by atoms with van der Waals surface area (Å²) >= 11 is 0. The minimum atomic E-state index is -0.0556. The fraction of sp³-hybridized carbons (Fsp3) is 0.684. The summed E-state index contributed by atoms with van der Waals surface area (Å²) < 4.78 is 6.29. The molecule has 1 aliphatic rings. The lowest BCUT2D eigenvalue weighted by Crippen LogP contribution is -2.41. The van der Waals surface area contributed by atoms with E-state index in [0.717, 1.165) is 38.1 Å². The van der Waals surface area contributed by atoms with Gasteiger partial charge in [-0.2, -0.15) is 0 Å². The normalized spacial score (nSPS) is 24.2. The number of nitrogens with one attached hydrogen (secondary N) is 1. The van der Waals surface area contributed by atoms with Crippen LogP contribution in [0.2, 0.25) is 0 Å². The highest BCUT2D eigenvalue weighted by Crippen LogP contribution is 2.41. The molecule has 0 saturated heterocycles. The average Bonchev–Trinajstić information content (AvgIpc) is 2.50. The third-order valence-corrected chi connectivity index (χ3v) is 4.77. The van der Waals surface area contributed by atoms with Crippen molar-refractivity contribution in [1.82, 2.24) is 10.2 Å². The van der Waals surface area contributed by atoms with Gasteiger partial charge in [0.2, 0.25) is 0 Å². The van der Waals surface area contributed by atoms with Gasteiger partial charge in [0, 0.05) is 18.0 Å². The standard InChI is InChI=1S/C19H32N2O/c1-6-15-9-10-18-16(13-15)17(14-19(3,7-2)22-18)20-11-8-12-21(4)5/h9-10,13,17,20H,6-8,11-12,14H2,1-5H3. The topological polar surface area (TPSA) is 24.5 Å². The average molecular weight is 304 g/mol. The summed E-state index contributed by atoms with van der Waals surface area (Å²) in [7, 11) is 4.26. The maximum atomic E-state index is 6.29. The molecule has 3 heteroatoms. The molecule has 2 atom stereocenters. The van der Waals surface area contributed by atoms with Gasteiger partial charge in [-0.3, -0.25) is 0 Å². The number of hydrogen-bond donors (Lipinski definition) is 1. The van der Waals surface area contributed by atoms with Crippen LogP contribution in [-0.2, 0) is 6.42 Å². The van der Waals surface area contributed by atoms with Crippen LogP contribution in [-0.4, -0.2) is 37.7 Å². The van der Waals surface area contributed by atoms with Crippen LogP contribution >= 0.6 is 0 Å². The van der Waals surface area contributed by atoms with Crippen molar-refractivity contribution in [3.63, 3.8) is 0 Å². The summed E-state index contributed by atoms with van der Waals surface area (Å²) in [4.78, 5) is 2.24. The second-order valence-corrected chi connectivity index (χ2v) is 7.00. The van der Waals surface area contributed by atoms with Gasteiger partial charge >= 0.3 is 0 Å². The van der Waals surface area contributed by atoms with Crippen molar-refractivity contribution in [3.05, 3.63) is 29.3 Å². The predicted octanol–water partition coefficient (Wildman–Crippen LogP) is 3.78. The zero-order valence-corrected chi connectivity index (χ0v) is 14.9. The second kappa shape index (κ2) is 7.47. The molecule has 1 aromatic carbocycles. The van der Waals surface area contributed by atoms with Gasteiger partial charge in [0.05, 0.1) is 0 Å². The summed E-state index contributed by atoms with van der Waals surface area (Å²) in [5.74, 6) is 1.07. The smallest absolute Gasteiger partial charge is 0.124 e. The Bertz CT molecular complexity index is 486. The molecule has 0 aromatic heterocycles. The van der Waals surface area contributed by atoms with Gasteiger partial charge in [0.25, 0.3) is 0 Å². The largest absolute Gasteiger partial charge is 0.487 e. The Morgan fingerprint density at radius 3 is 2.73 bits per heavy atom. The van der Waals surface area contributed by atoms with E-state index in [2.05, 4.69) is 63.3 Å². The van der Waals surface area contributed by atoms with Gasteiger partial charge in [-0.25, -0.2) is 0 Å². The van der Waals surface area contributed by atoms with Crippen LogP contribution in [0.1, 0.15) is 57.2 Å². The van der Waals surface area contributed by atoms with Crippen molar-refractivity contribution >= 4 is 0 Å². The van der Waals surface area contributed by atoms with Gasteiger partial charge in [-0.1, -0.05) is 26.0 Å². The van der Waals surface area contributed by atoms with Crippen LogP contribution in [0.3, 0.4) is 0 Å². The zero-order chi connectivity index (χ0) is 16.2. The molecule has 0 amide bonds. The number of benzene rings is 1. The molecule has 1 heterocycles. The SMILES string of the molecule is CCc1ccc2c(c1)C(NCCCN(C)C)CC(C)(CC)O2. The number of rotatable bonds is 7. The molecule has 3 nitrogen and oxygen atoms in total. The van der Waals surface area contributed by atoms with Gasteiger partial charge in [-0.05, 0) is 65.0 Å². The molecule has 0 spiro atoms. The number of ether oxygens (including phenoxy) is 1. The van der Waals surface area contributed by atoms with Crippen LogP contribution in [0, 0.1) is 0 Å². The van der Waals surface area contributed by atoms with Crippen molar-refractivity contribution < 1.29 is 4.74 Å². The lowest BCUT2D eigenvalue weighted by atomic mass is 9.86. The minimum Gasteiger partial charge on any atom is -0.487 e. The molecule has 1 N–H and O–H groups in total. The van der Waals surface area contributed by atoms with Crippen molar-refractivity contribution in [3.8, 4) is 5.75 Å². The Hall–Kier alpha value is -1.06. The van der Waals surface area contributed by atoms with Gasteiger partial charge in [-0.15, -0.1) is 0 Å². The summed E-state index contributed by atoms with van der Waals surface area (Å²) in [6.45, 7) is 8.84. The zero-order valence-electron chi connectivity index (χ0n) is 14.9. The van der Waals surface area contributed by atoms with Crippen LogP contribution in [0.5, 0.6) is 5.75 Å². The first-order valence-electron chi connectivity index (χ1n) is 8.67. The van der Waals surface area contributed by atoms with E-state index in [1.165, 1.54) is 17.5 Å². The first-order valence-corrected chi connectivity index (χ1v) is 8.67. The van der Waals surface area contributed by atoms with Crippen LogP contribution in [0.15, 0.2) is 18.2 Å². The van der Waals surface area contributed by atoms with E-state index in [1.807, 2.05) is 0 Å². The molecule has 0 aliphatic carbocycles. The van der Waals surface area contributed by atoms with E-state index in [0.29, 0.717) is 6.04 Å². The fourth-order valence-corrected chi connectivity index (χ4v) is 3.10. The molecule has 124 valence electrons. The Labute approximate surface area is 136 Å². The molecular weight excluding hydrogens is 272 g/mol. The summed E-state index contributed by atoms with van der Waals surface area (Å²) in [5.41, 5.74) is 2.68. The molecule has 2 unspecified atom stereocenters. The van der Waals surface area contributed by atoms with Gasteiger partial charge in [0.15, 0.2) is 0 Å². The third-order valence-electron chi connectivity index (χ3n) is 4.77. The van der Waals surface area contributed by atoms with E-state index in [9.17, 15) is 0 Å². The first kappa shape index (κ1) is 17.3. The van der Waals surface area contributed by atoms with E-state index in [1.54, 1.807) is 0 Å². The highest BCUT2D eigenvalue weighted by atomic mass is 16.5. The van der Waals surface area contributed by atoms with Gasteiger partial charge in [0.1, 0.15) is 11.4 Å². The number of fused-ring (bicyclic) bond motifs is 1. The van der Waals surface area contributed by atoms with Gasteiger partial charge < -0.3 is 15.0 Å². The number of hydrogen-bond acceptors (Lipinski definition) is 3. The quantitative estimate of drug-likeness (QED) is 0.776. The number of nitrogens with zero attached hydrogens (tertiary/aromatic N) is 1. The predicted molar refractivity (Wildman–Crippen MR) is 93.7 cm³/mol. The summed E-state index contributed by atoms with van der Waals surface area (Å²) in [6.07, 6.45) is 4.34. The summed E-state index contributed by atoms with van der Waals surface area (Å²) in [6, 6.07) is 7.09. The molecule has 0 saturated carbocycles. The highest BCUT2D eigenvalue weighted by Gasteiger charge is 2.35. The van der Waals surface area contributed by atoms with Crippen molar-refractivity contribution in [2.75, 3.05) is 27.2 Å². The maximum Gasteiger partial charge on any atom is 0.124 e. The lowest BCUT2D eigenvalue weighted by molar-refractivity contribution is 0.0441. The van der Waals surface area contributed by atoms with E-state index >= 15 is 0 Å². The third kappa shape index (κ3) is 4.23. The first-order chi connectivity index (χ1) is 10.5. The van der Waals surface area contributed by atoms with E-state index in [-0.39, 0.29) is 5.60 Å². The molecule has 0 fully saturated rings. The Kier molecular flexibility index (Phi) is 5.87. The van der Waals surface area contributed by atoms with E-state index in [4.69, 9.17) is 4.74 Å². The van der Waals surface area contributed by atoms with Crippen LogP contribution < -0.4 is 10.1 Å². The van der Waals surface area contributed by atoms with Crippen LogP contribution in [0.25, 0.3) is 0 Å². The van der Waals surface area contributed by atoms with Crippen molar-refractivity contribution in [2.24, 2.45) is 0 Å². The maximum absolute atomic E-state index is 6.29. The molecule has 2 rings (SSSR count). The van der Waals surface area contributed by atoms with E-state index < -0.39 is 0 Å². The minimum absolute atomic E-state index is 0.0556. The molecular formula is C19H32N2O. The fourth-order valence-electron chi connectivity index (χ4n) is 3.10.